The van der Waals surface area contributed by atoms with E-state index in [1.54, 1.807) is 24.8 Å². The first kappa shape index (κ1) is 18.7. The van der Waals surface area contributed by atoms with Crippen molar-refractivity contribution in [2.75, 3.05) is 7.11 Å². The number of carbonyl (C=O) groups is 1. The molecule has 0 radical (unpaired) electrons. The minimum Gasteiger partial charge on any atom is -0.502 e. The van der Waals surface area contributed by atoms with Crippen LogP contribution in [0, 0.1) is 0 Å². The highest BCUT2D eigenvalue weighted by molar-refractivity contribution is 7.17. The van der Waals surface area contributed by atoms with E-state index in [4.69, 9.17) is 4.74 Å². The number of aromatic carboxylic acids is 1. The minimum atomic E-state index is -1.32. The predicted octanol–water partition coefficient (Wildman–Crippen LogP) is 3.59. The second-order valence-corrected chi connectivity index (χ2v) is 7.25. The third kappa shape index (κ3) is 3.34. The quantitative estimate of drug-likeness (QED) is 0.523. The fraction of sp³-hybridized carbons (Fsp3) is 0.0952. The van der Waals surface area contributed by atoms with Gasteiger partial charge in [-0.15, -0.1) is 11.3 Å². The molecule has 0 saturated carbocycles. The van der Waals surface area contributed by atoms with E-state index in [2.05, 4.69) is 4.98 Å². The first-order valence-corrected chi connectivity index (χ1v) is 9.53. The summed E-state index contributed by atoms with van der Waals surface area (Å²) in [7, 11) is 1.56. The van der Waals surface area contributed by atoms with Gasteiger partial charge in [-0.3, -0.25) is 9.36 Å². The van der Waals surface area contributed by atoms with E-state index in [1.807, 2.05) is 36.4 Å². The molecule has 0 unspecified atom stereocenters. The highest BCUT2D eigenvalue weighted by Crippen LogP contribution is 2.29. The van der Waals surface area contributed by atoms with Gasteiger partial charge < -0.3 is 14.9 Å². The second kappa shape index (κ2) is 7.40. The van der Waals surface area contributed by atoms with E-state index in [0.29, 0.717) is 16.1 Å². The number of rotatable bonds is 5. The molecule has 3 aromatic heterocycles. The van der Waals surface area contributed by atoms with E-state index in [0.717, 1.165) is 16.7 Å². The summed E-state index contributed by atoms with van der Waals surface area (Å²) in [5.41, 5.74) is 2.16. The van der Waals surface area contributed by atoms with Crippen LogP contribution in [0.1, 0.15) is 15.9 Å². The highest BCUT2D eigenvalue weighted by atomic mass is 32.1. The molecule has 0 spiro atoms. The molecule has 0 amide bonds. The van der Waals surface area contributed by atoms with Crippen molar-refractivity contribution in [2.24, 2.45) is 0 Å². The molecule has 0 fully saturated rings. The van der Waals surface area contributed by atoms with Gasteiger partial charge in [0.05, 0.1) is 23.9 Å². The molecule has 0 bridgehead atoms. The van der Waals surface area contributed by atoms with Crippen molar-refractivity contribution >= 4 is 27.5 Å². The first-order chi connectivity index (χ1) is 14.0. The van der Waals surface area contributed by atoms with Crippen molar-refractivity contribution < 1.29 is 19.7 Å². The van der Waals surface area contributed by atoms with Crippen molar-refractivity contribution in [1.29, 1.82) is 0 Å². The average molecular weight is 408 g/mol. The Morgan fingerprint density at radius 3 is 2.62 bits per heavy atom. The van der Waals surface area contributed by atoms with Crippen LogP contribution in [0.25, 0.3) is 21.3 Å². The van der Waals surface area contributed by atoms with Crippen LogP contribution in [-0.4, -0.2) is 32.8 Å². The number of benzene rings is 1. The van der Waals surface area contributed by atoms with E-state index in [9.17, 15) is 19.8 Å². The number of hydrogen-bond acceptors (Lipinski definition) is 6. The van der Waals surface area contributed by atoms with Crippen LogP contribution < -0.4 is 10.3 Å². The Morgan fingerprint density at radius 2 is 1.93 bits per heavy atom. The molecule has 4 aromatic rings. The molecule has 2 N–H and O–H groups in total. The van der Waals surface area contributed by atoms with Crippen molar-refractivity contribution in [3.8, 4) is 22.8 Å². The molecule has 0 aliphatic heterocycles. The lowest BCUT2D eigenvalue weighted by atomic mass is 10.0. The Kier molecular flexibility index (Phi) is 4.77. The lowest BCUT2D eigenvalue weighted by Crippen LogP contribution is -2.22. The number of carboxylic acids is 1. The number of carboxylic acid groups (broad SMARTS) is 1. The summed E-state index contributed by atoms with van der Waals surface area (Å²) >= 11 is 1.17. The molecular weight excluding hydrogens is 392 g/mol. The van der Waals surface area contributed by atoms with Crippen LogP contribution in [0.4, 0.5) is 0 Å². The summed E-state index contributed by atoms with van der Waals surface area (Å²) < 4.78 is 6.91. The fourth-order valence-corrected chi connectivity index (χ4v) is 4.13. The Bertz CT molecular complexity index is 1270. The van der Waals surface area contributed by atoms with E-state index < -0.39 is 17.3 Å². The van der Waals surface area contributed by atoms with E-state index in [-0.39, 0.29) is 12.1 Å². The number of hydrogen-bond donors (Lipinski definition) is 2. The zero-order chi connectivity index (χ0) is 20.5. The Labute approximate surface area is 169 Å². The second-order valence-electron chi connectivity index (χ2n) is 6.34. The Hall–Kier alpha value is -3.65. The van der Waals surface area contributed by atoms with Crippen molar-refractivity contribution in [3.05, 3.63) is 75.5 Å². The third-order valence-corrected chi connectivity index (χ3v) is 5.55. The van der Waals surface area contributed by atoms with Gasteiger partial charge in [-0.25, -0.2) is 9.78 Å². The molecule has 0 aliphatic rings. The summed E-state index contributed by atoms with van der Waals surface area (Å²) in [6, 6.07) is 13.0. The minimum absolute atomic E-state index is 0.208. The van der Waals surface area contributed by atoms with Gasteiger partial charge in [0.25, 0.3) is 5.56 Å². The predicted molar refractivity (Wildman–Crippen MR) is 110 cm³/mol. The molecule has 146 valence electrons. The molecule has 0 saturated heterocycles. The van der Waals surface area contributed by atoms with Crippen LogP contribution >= 0.6 is 11.3 Å². The van der Waals surface area contributed by atoms with E-state index >= 15 is 0 Å². The number of pyridine rings is 2. The largest absolute Gasteiger partial charge is 0.502 e. The normalized spacial score (nSPS) is 10.9. The van der Waals surface area contributed by atoms with Gasteiger partial charge in [-0.1, -0.05) is 24.3 Å². The molecule has 4 rings (SSSR count). The summed E-state index contributed by atoms with van der Waals surface area (Å²) in [4.78, 5) is 28.2. The number of nitrogens with zero attached hydrogens (tertiary/aromatic N) is 2. The van der Waals surface area contributed by atoms with Crippen LogP contribution in [0.3, 0.4) is 0 Å². The molecule has 0 aliphatic carbocycles. The zero-order valence-corrected chi connectivity index (χ0v) is 16.1. The molecule has 7 nitrogen and oxygen atoms in total. The summed E-state index contributed by atoms with van der Waals surface area (Å²) in [5.74, 6) is -1.55. The molecule has 29 heavy (non-hydrogen) atoms. The van der Waals surface area contributed by atoms with Gasteiger partial charge in [0, 0.05) is 12.3 Å². The highest BCUT2D eigenvalue weighted by Gasteiger charge is 2.22. The molecule has 1 aromatic carbocycles. The summed E-state index contributed by atoms with van der Waals surface area (Å²) in [6.07, 6.45) is 1.67. The van der Waals surface area contributed by atoms with Crippen LogP contribution in [0.5, 0.6) is 11.6 Å². The van der Waals surface area contributed by atoms with Gasteiger partial charge in [0.2, 0.25) is 5.88 Å². The standard InChI is InChI=1S/C21H16N2O5S/c1-28-16-10-14(6-8-22-16)13-4-2-12(3-5-13)11-23-15-7-9-29-19(15)17(21(26)27)18(24)20(23)25/h2-10,24H,11H2,1H3,(H,26,27). The maximum atomic E-state index is 12.6. The van der Waals surface area contributed by atoms with Gasteiger partial charge in [0.1, 0.15) is 5.56 Å². The van der Waals surface area contributed by atoms with Crippen molar-refractivity contribution in [2.45, 2.75) is 6.54 Å². The van der Waals surface area contributed by atoms with Gasteiger partial charge in [0.15, 0.2) is 5.75 Å². The molecule has 0 atom stereocenters. The number of aromatic hydroxyl groups is 1. The topological polar surface area (TPSA) is 102 Å². The van der Waals surface area contributed by atoms with Crippen molar-refractivity contribution in [1.82, 2.24) is 9.55 Å². The monoisotopic (exact) mass is 408 g/mol. The maximum Gasteiger partial charge on any atom is 0.341 e. The average Bonchev–Trinajstić information content (AvgIpc) is 3.20. The molecular formula is C21H16N2O5S. The molecule has 3 heterocycles. The van der Waals surface area contributed by atoms with Gasteiger partial charge in [-0.05, 0) is 34.2 Å². The number of aromatic nitrogens is 2. The number of methoxy groups -OCH3 is 1. The van der Waals surface area contributed by atoms with Gasteiger partial charge in [-0.2, -0.15) is 0 Å². The maximum absolute atomic E-state index is 12.6. The molecule has 8 heteroatoms. The van der Waals surface area contributed by atoms with Crippen LogP contribution in [0.2, 0.25) is 0 Å². The van der Waals surface area contributed by atoms with Crippen LogP contribution in [-0.2, 0) is 6.54 Å². The number of thiophene rings is 1. The Balaban J connectivity index is 1.72. The van der Waals surface area contributed by atoms with Gasteiger partial charge >= 0.3 is 5.97 Å². The lowest BCUT2D eigenvalue weighted by molar-refractivity contribution is 0.0695. The Morgan fingerprint density at radius 1 is 1.17 bits per heavy atom. The number of fused-ring (bicyclic) bond motifs is 1. The number of ether oxygens (including phenoxy) is 1. The third-order valence-electron chi connectivity index (χ3n) is 4.63. The smallest absolute Gasteiger partial charge is 0.341 e. The SMILES string of the molecule is COc1cc(-c2ccc(Cn3c(=O)c(O)c(C(=O)O)c4sccc43)cc2)ccn1. The van der Waals surface area contributed by atoms with E-state index in [1.165, 1.54) is 15.9 Å². The summed E-state index contributed by atoms with van der Waals surface area (Å²) in [6.45, 7) is 0.208. The van der Waals surface area contributed by atoms with Crippen LogP contribution in [0.15, 0.2) is 58.8 Å². The first-order valence-electron chi connectivity index (χ1n) is 8.65. The fourth-order valence-electron chi connectivity index (χ4n) is 3.20. The lowest BCUT2D eigenvalue weighted by Gasteiger charge is -2.12. The zero-order valence-electron chi connectivity index (χ0n) is 15.3. The van der Waals surface area contributed by atoms with Crippen molar-refractivity contribution in [3.63, 3.8) is 0 Å². The summed E-state index contributed by atoms with van der Waals surface area (Å²) in [5, 5.41) is 21.2.